The largest absolute Gasteiger partial charge is 0.260 e. The lowest BCUT2D eigenvalue weighted by Gasteiger charge is -2.07. The Kier molecular flexibility index (Phi) is 15.8. The maximum atomic E-state index is 2.54. The van der Waals surface area contributed by atoms with Crippen molar-refractivity contribution in [3.05, 3.63) is 54.1 Å². The second kappa shape index (κ2) is 18.8. The van der Waals surface area contributed by atoms with E-state index in [2.05, 4.69) is 65.7 Å². The lowest BCUT2D eigenvalue weighted by Crippen LogP contribution is -2.37. The van der Waals surface area contributed by atoms with E-state index >= 15 is 0 Å². The second-order valence-corrected chi connectivity index (χ2v) is 10.1. The molecule has 1 aromatic heterocycles. The van der Waals surface area contributed by atoms with Gasteiger partial charge in [0, 0.05) is 0 Å². The minimum absolute atomic E-state index is 1.04. The van der Waals surface area contributed by atoms with Gasteiger partial charge in [-0.1, -0.05) is 128 Å². The van der Waals surface area contributed by atoms with Crippen LogP contribution in [0.25, 0.3) is 0 Å². The third kappa shape index (κ3) is 12.5. The van der Waals surface area contributed by atoms with Crippen molar-refractivity contribution in [1.29, 1.82) is 0 Å². The molecule has 2 rings (SSSR count). The number of rotatable bonds is 21. The number of aromatic nitrogens is 2. The fourth-order valence-corrected chi connectivity index (χ4v) is 4.90. The van der Waals surface area contributed by atoms with Crippen LogP contribution in [0, 0.1) is 0 Å². The molecular formula is C31H53N2+. The first-order valence-corrected chi connectivity index (χ1v) is 14.5. The van der Waals surface area contributed by atoms with E-state index in [1.807, 2.05) is 0 Å². The fraction of sp³-hybridized carbons (Fsp3) is 0.710. The molecule has 0 saturated heterocycles. The predicted molar refractivity (Wildman–Crippen MR) is 144 cm³/mol. The van der Waals surface area contributed by atoms with Gasteiger partial charge in [0.15, 0.2) is 0 Å². The van der Waals surface area contributed by atoms with Gasteiger partial charge >= 0.3 is 0 Å². The molecule has 0 atom stereocenters. The van der Waals surface area contributed by atoms with Crippen LogP contribution in [0.15, 0.2) is 42.7 Å². The van der Waals surface area contributed by atoms with Gasteiger partial charge in [0.25, 0.3) is 5.82 Å². The zero-order chi connectivity index (χ0) is 23.4. The van der Waals surface area contributed by atoms with Crippen molar-refractivity contribution in [2.45, 2.75) is 143 Å². The lowest BCUT2D eigenvalue weighted by atomic mass is 10.1. The Bertz CT molecular complexity index is 688. The summed E-state index contributed by atoms with van der Waals surface area (Å²) in [5, 5.41) is 0. The summed E-state index contributed by atoms with van der Waals surface area (Å²) in [5.74, 6) is 1.49. The van der Waals surface area contributed by atoms with Crippen LogP contribution in [0.2, 0.25) is 0 Å². The van der Waals surface area contributed by atoms with Crippen molar-refractivity contribution in [3.63, 3.8) is 0 Å². The Labute approximate surface area is 205 Å². The second-order valence-electron chi connectivity index (χ2n) is 10.1. The first-order valence-electron chi connectivity index (χ1n) is 14.5. The van der Waals surface area contributed by atoms with E-state index in [-0.39, 0.29) is 0 Å². The quantitative estimate of drug-likeness (QED) is 0.132. The van der Waals surface area contributed by atoms with Crippen LogP contribution in [0.1, 0.15) is 134 Å². The van der Waals surface area contributed by atoms with Gasteiger partial charge in [0.2, 0.25) is 0 Å². The number of aryl methyl sites for hydroxylation is 2. The molecule has 33 heavy (non-hydrogen) atoms. The molecule has 2 aromatic rings. The van der Waals surface area contributed by atoms with Crippen LogP contribution < -0.4 is 4.57 Å². The molecule has 0 radical (unpaired) electrons. The molecule has 186 valence electrons. The zero-order valence-electron chi connectivity index (χ0n) is 22.1. The topological polar surface area (TPSA) is 8.81 Å². The summed E-state index contributed by atoms with van der Waals surface area (Å²) >= 11 is 0. The van der Waals surface area contributed by atoms with Gasteiger partial charge in [0.1, 0.15) is 12.4 Å². The summed E-state index contributed by atoms with van der Waals surface area (Å²) in [5.41, 5.74) is 1.43. The Morgan fingerprint density at radius 1 is 0.606 bits per heavy atom. The van der Waals surface area contributed by atoms with Gasteiger partial charge in [-0.15, -0.1) is 0 Å². The summed E-state index contributed by atoms with van der Waals surface area (Å²) in [6.45, 7) is 6.93. The molecule has 0 spiro atoms. The van der Waals surface area contributed by atoms with Crippen LogP contribution in [0.3, 0.4) is 0 Å². The number of hydrogen-bond acceptors (Lipinski definition) is 0. The van der Waals surface area contributed by atoms with Crippen molar-refractivity contribution in [3.8, 4) is 0 Å². The summed E-state index contributed by atoms with van der Waals surface area (Å²) in [7, 11) is 0. The van der Waals surface area contributed by atoms with E-state index in [1.165, 1.54) is 134 Å². The van der Waals surface area contributed by atoms with Crippen molar-refractivity contribution < 1.29 is 4.57 Å². The van der Waals surface area contributed by atoms with Crippen LogP contribution in [0.4, 0.5) is 0 Å². The molecule has 1 heterocycles. The molecule has 0 aliphatic carbocycles. The predicted octanol–water partition coefficient (Wildman–Crippen LogP) is 9.04. The van der Waals surface area contributed by atoms with E-state index in [0.717, 1.165) is 6.42 Å². The molecule has 1 aromatic carbocycles. The van der Waals surface area contributed by atoms with Crippen molar-refractivity contribution in [2.24, 2.45) is 0 Å². The normalized spacial score (nSPS) is 11.3. The van der Waals surface area contributed by atoms with Crippen LogP contribution in [-0.2, 0) is 19.5 Å². The fourth-order valence-electron chi connectivity index (χ4n) is 4.90. The van der Waals surface area contributed by atoms with E-state index in [1.54, 1.807) is 0 Å². The Hall–Kier alpha value is -1.57. The average Bonchev–Trinajstić information content (AvgIpc) is 3.21. The van der Waals surface area contributed by atoms with Crippen molar-refractivity contribution in [1.82, 2.24) is 4.57 Å². The van der Waals surface area contributed by atoms with E-state index < -0.39 is 0 Å². The highest BCUT2D eigenvalue weighted by molar-refractivity contribution is 5.18. The van der Waals surface area contributed by atoms with Crippen molar-refractivity contribution >= 4 is 0 Å². The highest BCUT2D eigenvalue weighted by Gasteiger charge is 2.17. The molecule has 0 saturated carbocycles. The average molecular weight is 454 g/mol. The molecule has 2 nitrogen and oxygen atoms in total. The van der Waals surface area contributed by atoms with Gasteiger partial charge in [-0.05, 0) is 31.2 Å². The molecule has 0 N–H and O–H groups in total. The monoisotopic (exact) mass is 453 g/mol. The number of imidazole rings is 1. The molecule has 0 bridgehead atoms. The smallest absolute Gasteiger partial charge is 0.234 e. The number of hydrogen-bond donors (Lipinski definition) is 0. The summed E-state index contributed by atoms with van der Waals surface area (Å²) in [6, 6.07) is 11.0. The van der Waals surface area contributed by atoms with Gasteiger partial charge in [-0.3, -0.25) is 0 Å². The van der Waals surface area contributed by atoms with Gasteiger partial charge in [0.05, 0.1) is 19.5 Å². The first kappa shape index (κ1) is 27.7. The first-order chi connectivity index (χ1) is 16.3. The van der Waals surface area contributed by atoms with Gasteiger partial charge in [-0.2, -0.15) is 0 Å². The number of benzene rings is 1. The standard InChI is InChI=1S/C31H53N2/c1-3-5-7-9-11-13-15-17-22-26-33-28-27-32(25-21-16-14-12-10-8-6-4-2)31(33)29-30-23-19-18-20-24-30/h18-20,23-24,27-28H,3-17,21-22,25-26,29H2,1-2H3/q+1. The minimum atomic E-state index is 1.04. The summed E-state index contributed by atoms with van der Waals surface area (Å²) in [6.07, 6.45) is 29.4. The molecule has 2 heteroatoms. The molecule has 0 aliphatic heterocycles. The Morgan fingerprint density at radius 2 is 1.12 bits per heavy atom. The van der Waals surface area contributed by atoms with Crippen LogP contribution in [0.5, 0.6) is 0 Å². The summed E-state index contributed by atoms with van der Waals surface area (Å²) < 4.78 is 5.08. The van der Waals surface area contributed by atoms with E-state index in [0.29, 0.717) is 0 Å². The number of nitrogens with zero attached hydrogens (tertiary/aromatic N) is 2. The third-order valence-electron chi connectivity index (χ3n) is 7.05. The maximum absolute atomic E-state index is 2.54. The van der Waals surface area contributed by atoms with Gasteiger partial charge < -0.3 is 0 Å². The molecule has 0 fully saturated rings. The molecule has 0 aliphatic rings. The number of unbranched alkanes of at least 4 members (excludes halogenated alkanes) is 15. The highest BCUT2D eigenvalue weighted by Crippen LogP contribution is 2.13. The minimum Gasteiger partial charge on any atom is -0.234 e. The molecular weight excluding hydrogens is 400 g/mol. The third-order valence-corrected chi connectivity index (χ3v) is 7.05. The van der Waals surface area contributed by atoms with E-state index in [9.17, 15) is 0 Å². The zero-order valence-corrected chi connectivity index (χ0v) is 22.1. The van der Waals surface area contributed by atoms with E-state index in [4.69, 9.17) is 0 Å². The Morgan fingerprint density at radius 3 is 1.70 bits per heavy atom. The summed E-state index contributed by atoms with van der Waals surface area (Å²) in [4.78, 5) is 0. The molecule has 0 amide bonds. The SMILES string of the molecule is CCCCCCCCCCC[n+]1ccn(CCCCCCCCCC)c1Cc1ccccc1. The highest BCUT2D eigenvalue weighted by atomic mass is 15.1. The maximum Gasteiger partial charge on any atom is 0.260 e. The van der Waals surface area contributed by atoms with Gasteiger partial charge in [-0.25, -0.2) is 9.13 Å². The van der Waals surface area contributed by atoms with Crippen LogP contribution >= 0.6 is 0 Å². The molecule has 0 unspecified atom stereocenters. The Balaban J connectivity index is 1.76. The van der Waals surface area contributed by atoms with Crippen molar-refractivity contribution in [2.75, 3.05) is 0 Å². The lowest BCUT2D eigenvalue weighted by molar-refractivity contribution is -0.703. The van der Waals surface area contributed by atoms with Crippen LogP contribution in [-0.4, -0.2) is 4.57 Å².